The van der Waals surface area contributed by atoms with Crippen molar-refractivity contribution in [1.29, 1.82) is 0 Å². The molecule has 0 amide bonds. The number of rotatable bonds is 5. The number of hydrogen-bond acceptors (Lipinski definition) is 2. The summed E-state index contributed by atoms with van der Waals surface area (Å²) in [5.41, 5.74) is 11.3. The van der Waals surface area contributed by atoms with Gasteiger partial charge in [-0.05, 0) is 62.6 Å². The minimum absolute atomic E-state index is 0. The van der Waals surface area contributed by atoms with Crippen LogP contribution < -0.4 is 4.57 Å². The molecule has 0 spiro atoms. The zero-order valence-electron chi connectivity index (χ0n) is 30.3. The number of benzene rings is 5. The molecule has 3 heterocycles. The molecule has 8 aromatic rings. The molecule has 5 aromatic carbocycles. The first-order valence-corrected chi connectivity index (χ1v) is 17.5. The Kier molecular flexibility index (Phi) is 9.05. The van der Waals surface area contributed by atoms with Crippen molar-refractivity contribution in [1.82, 2.24) is 14.1 Å². The number of pyridine rings is 1. The first-order valence-electron chi connectivity index (χ1n) is 17.5. The molecule has 52 heavy (non-hydrogen) atoms. The molecule has 0 fully saturated rings. The smallest absolute Gasteiger partial charge is 0.511 e. The van der Waals surface area contributed by atoms with Gasteiger partial charge in [-0.3, -0.25) is 14.1 Å². The topological polar surface area (TPSA) is 46.9 Å². The molecule has 0 bridgehead atoms. The maximum absolute atomic E-state index is 11.9. The van der Waals surface area contributed by atoms with E-state index in [1.54, 1.807) is 0 Å². The van der Waals surface area contributed by atoms with Crippen LogP contribution in [0.4, 0.5) is 0 Å². The maximum Gasteiger partial charge on any atom is 2.00 e. The number of nitrogens with zero attached hydrogens (tertiary/aromatic N) is 4. The first-order chi connectivity index (χ1) is 24.5. The third kappa shape index (κ3) is 6.18. The Morgan fingerprint density at radius 1 is 0.635 bits per heavy atom. The third-order valence-corrected chi connectivity index (χ3v) is 9.69. The van der Waals surface area contributed by atoms with Gasteiger partial charge in [0.1, 0.15) is 11.4 Å². The van der Waals surface area contributed by atoms with Crippen molar-refractivity contribution in [2.45, 2.75) is 52.4 Å². The van der Waals surface area contributed by atoms with Gasteiger partial charge in [-0.15, -0.1) is 0 Å². The number of hydrogen-bond donors (Lipinski definition) is 1. The molecule has 6 heteroatoms. The largest absolute Gasteiger partial charge is 2.00 e. The Bertz CT molecular complexity index is 2570. The van der Waals surface area contributed by atoms with Gasteiger partial charge >= 0.3 is 21.1 Å². The van der Waals surface area contributed by atoms with Crippen molar-refractivity contribution in [2.24, 2.45) is 0 Å². The fourth-order valence-corrected chi connectivity index (χ4v) is 6.93. The second-order valence-corrected chi connectivity index (χ2v) is 15.3. The average Bonchev–Trinajstić information content (AvgIpc) is 3.71. The van der Waals surface area contributed by atoms with Gasteiger partial charge in [0, 0.05) is 11.9 Å². The van der Waals surface area contributed by atoms with Crippen LogP contribution in [0.2, 0.25) is 0 Å². The molecular weight excluding hydrogens is 820 g/mol. The molecule has 0 aliphatic rings. The summed E-state index contributed by atoms with van der Waals surface area (Å²) in [4.78, 5) is 4.82. The fourth-order valence-electron chi connectivity index (χ4n) is 6.93. The van der Waals surface area contributed by atoms with E-state index in [0.717, 1.165) is 66.8 Å². The van der Waals surface area contributed by atoms with Gasteiger partial charge in [0.15, 0.2) is 0 Å². The minimum Gasteiger partial charge on any atom is -0.511 e. The fraction of sp³-hybridized carbons (Fsp3) is 0.174. The minimum atomic E-state index is -0.260. The Balaban J connectivity index is 0.00000420. The summed E-state index contributed by atoms with van der Waals surface area (Å²) < 4.78 is 6.24. The van der Waals surface area contributed by atoms with Gasteiger partial charge in [-0.1, -0.05) is 168 Å². The van der Waals surface area contributed by atoms with Crippen molar-refractivity contribution < 1.29 is 30.7 Å². The molecular formula is C46H41N4OPt+. The summed E-state index contributed by atoms with van der Waals surface area (Å²) in [6.45, 7) is 13.1. The molecule has 3 aromatic heterocycles. The van der Waals surface area contributed by atoms with E-state index in [1.807, 2.05) is 29.0 Å². The van der Waals surface area contributed by atoms with E-state index in [9.17, 15) is 5.11 Å². The Morgan fingerprint density at radius 3 is 2.06 bits per heavy atom. The molecule has 0 saturated heterocycles. The van der Waals surface area contributed by atoms with Crippen molar-refractivity contribution in [3.63, 3.8) is 0 Å². The van der Waals surface area contributed by atoms with E-state index in [-0.39, 0.29) is 37.6 Å². The number of aromatic nitrogens is 4. The van der Waals surface area contributed by atoms with Crippen LogP contribution in [-0.4, -0.2) is 19.2 Å². The second-order valence-electron chi connectivity index (χ2n) is 15.3. The summed E-state index contributed by atoms with van der Waals surface area (Å²) >= 11 is 0. The van der Waals surface area contributed by atoms with Crippen LogP contribution in [0.5, 0.6) is 5.75 Å². The summed E-state index contributed by atoms with van der Waals surface area (Å²) in [6.07, 6.45) is 9.29. The number of para-hydroxylation sites is 5. The summed E-state index contributed by atoms with van der Waals surface area (Å²) in [6, 6.07) is 43.9. The summed E-state index contributed by atoms with van der Waals surface area (Å²) in [7, 11) is 0. The SMILES string of the molecule is CC(C)(C)c1cc(-n2[c-][n+](-c3ccccc3-n3[c-]c(-c4cc(-c5ccccc5)ccn4)c4ccccc43)c3ccccc32)c(O)c(C(C)(C)C)c1.[Pt+2]. The van der Waals surface area contributed by atoms with Crippen molar-refractivity contribution in [2.75, 3.05) is 0 Å². The van der Waals surface area contributed by atoms with Crippen molar-refractivity contribution in [3.05, 3.63) is 157 Å². The van der Waals surface area contributed by atoms with Crippen LogP contribution >= 0.6 is 0 Å². The van der Waals surface area contributed by atoms with Gasteiger partial charge in [-0.2, -0.15) is 0 Å². The molecule has 0 radical (unpaired) electrons. The Morgan fingerprint density at radius 2 is 1.31 bits per heavy atom. The Labute approximate surface area is 320 Å². The molecule has 0 atom stereocenters. The zero-order valence-corrected chi connectivity index (χ0v) is 32.5. The molecule has 0 unspecified atom stereocenters. The number of phenolic OH excluding ortho intramolecular Hbond substituents is 1. The number of imidazole rings is 1. The Hall–Kier alpha value is -5.25. The summed E-state index contributed by atoms with van der Waals surface area (Å²) in [5, 5.41) is 13.0. The van der Waals surface area contributed by atoms with Gasteiger partial charge in [0.05, 0.1) is 16.7 Å². The molecule has 5 nitrogen and oxygen atoms in total. The van der Waals surface area contributed by atoms with Crippen LogP contribution in [0.1, 0.15) is 52.7 Å². The van der Waals surface area contributed by atoms with Gasteiger partial charge < -0.3 is 9.67 Å². The number of aromatic hydroxyl groups is 1. The third-order valence-electron chi connectivity index (χ3n) is 9.69. The van der Waals surface area contributed by atoms with Crippen LogP contribution in [0.25, 0.3) is 61.4 Å². The van der Waals surface area contributed by atoms with Crippen LogP contribution in [-0.2, 0) is 31.9 Å². The molecule has 0 saturated carbocycles. The van der Waals surface area contributed by atoms with Gasteiger partial charge in [0.2, 0.25) is 0 Å². The monoisotopic (exact) mass is 860 g/mol. The maximum atomic E-state index is 11.9. The zero-order chi connectivity index (χ0) is 35.5. The van der Waals surface area contributed by atoms with E-state index in [0.29, 0.717) is 5.69 Å². The normalized spacial score (nSPS) is 12.0. The van der Waals surface area contributed by atoms with E-state index in [2.05, 4.69) is 172 Å². The van der Waals surface area contributed by atoms with Crippen molar-refractivity contribution in [3.8, 4) is 45.2 Å². The van der Waals surface area contributed by atoms with E-state index in [1.165, 1.54) is 0 Å². The van der Waals surface area contributed by atoms with E-state index < -0.39 is 0 Å². The molecule has 0 aliphatic carbocycles. The van der Waals surface area contributed by atoms with Gasteiger partial charge in [0.25, 0.3) is 6.33 Å². The second kappa shape index (κ2) is 13.4. The van der Waals surface area contributed by atoms with Crippen molar-refractivity contribution >= 4 is 21.9 Å². The van der Waals surface area contributed by atoms with Gasteiger partial charge in [-0.25, -0.2) is 0 Å². The van der Waals surface area contributed by atoms with Crippen LogP contribution in [0, 0.1) is 12.5 Å². The predicted octanol–water partition coefficient (Wildman–Crippen LogP) is 10.5. The summed E-state index contributed by atoms with van der Waals surface area (Å²) in [5.74, 6) is 0.271. The average molecular weight is 861 g/mol. The number of phenols is 1. The quantitative estimate of drug-likeness (QED) is 0.138. The molecule has 0 aliphatic heterocycles. The molecule has 1 N–H and O–H groups in total. The molecule has 260 valence electrons. The van der Waals surface area contributed by atoms with Crippen LogP contribution in [0.3, 0.4) is 0 Å². The standard InChI is InChI=1S/C46H41N4O.Pt/c1-45(2,3)33-27-36(46(4,5)6)44(51)43(28-33)50-30-49(41-22-14-15-23-42(41)50)40-21-13-12-20-39(40)48-29-35(34-18-10-11-19-38(34)48)37-26-32(24-25-47-37)31-16-8-7-9-17-31;/h7-28,51H,1-6H3;/q-1;+2. The van der Waals surface area contributed by atoms with E-state index >= 15 is 0 Å². The molecule has 8 rings (SSSR count). The van der Waals surface area contributed by atoms with Crippen LogP contribution in [0.15, 0.2) is 134 Å². The first kappa shape index (κ1) is 35.2. The van der Waals surface area contributed by atoms with E-state index in [4.69, 9.17) is 4.98 Å². The number of fused-ring (bicyclic) bond motifs is 2. The predicted molar refractivity (Wildman–Crippen MR) is 207 cm³/mol.